The maximum absolute atomic E-state index is 11.9. The van der Waals surface area contributed by atoms with Gasteiger partial charge in [0.1, 0.15) is 6.61 Å². The molecule has 0 bridgehead atoms. The SMILES string of the molecule is Cc1cscc1C(=O)OCC1(C#N)CCOCC1. The molecule has 1 aliphatic rings. The maximum Gasteiger partial charge on any atom is 0.339 e. The van der Waals surface area contributed by atoms with Gasteiger partial charge in [0.05, 0.1) is 17.0 Å². The van der Waals surface area contributed by atoms with Gasteiger partial charge >= 0.3 is 5.97 Å². The molecule has 0 aliphatic carbocycles. The van der Waals surface area contributed by atoms with Gasteiger partial charge in [0.25, 0.3) is 0 Å². The van der Waals surface area contributed by atoms with E-state index in [0.717, 1.165) is 5.56 Å². The zero-order valence-corrected chi connectivity index (χ0v) is 11.1. The molecule has 0 aromatic carbocycles. The molecule has 96 valence electrons. The number of carbonyl (C=O) groups is 1. The van der Waals surface area contributed by atoms with Crippen molar-refractivity contribution in [2.24, 2.45) is 5.41 Å². The molecule has 0 amide bonds. The second-order valence-corrected chi connectivity index (χ2v) is 5.29. The summed E-state index contributed by atoms with van der Waals surface area (Å²) >= 11 is 1.47. The molecule has 5 heteroatoms. The van der Waals surface area contributed by atoms with Crippen LogP contribution >= 0.6 is 11.3 Å². The summed E-state index contributed by atoms with van der Waals surface area (Å²) in [6.45, 7) is 3.15. The lowest BCUT2D eigenvalue weighted by molar-refractivity contribution is -0.00467. The number of rotatable bonds is 3. The van der Waals surface area contributed by atoms with Crippen molar-refractivity contribution in [2.45, 2.75) is 19.8 Å². The summed E-state index contributed by atoms with van der Waals surface area (Å²) < 4.78 is 10.5. The third kappa shape index (κ3) is 2.71. The van der Waals surface area contributed by atoms with Gasteiger partial charge in [-0.05, 0) is 30.7 Å². The van der Waals surface area contributed by atoms with Crippen molar-refractivity contribution >= 4 is 17.3 Å². The second kappa shape index (κ2) is 5.51. The molecule has 18 heavy (non-hydrogen) atoms. The summed E-state index contributed by atoms with van der Waals surface area (Å²) in [6.07, 6.45) is 1.25. The van der Waals surface area contributed by atoms with E-state index in [0.29, 0.717) is 31.6 Å². The van der Waals surface area contributed by atoms with Gasteiger partial charge in [-0.1, -0.05) is 0 Å². The van der Waals surface area contributed by atoms with E-state index in [9.17, 15) is 10.1 Å². The van der Waals surface area contributed by atoms with Gasteiger partial charge in [0.2, 0.25) is 0 Å². The zero-order valence-electron chi connectivity index (χ0n) is 10.3. The summed E-state index contributed by atoms with van der Waals surface area (Å²) in [5, 5.41) is 12.9. The van der Waals surface area contributed by atoms with E-state index in [1.165, 1.54) is 11.3 Å². The van der Waals surface area contributed by atoms with E-state index >= 15 is 0 Å². The molecular weight excluding hydrogens is 250 g/mol. The van der Waals surface area contributed by atoms with Crippen LogP contribution < -0.4 is 0 Å². The highest BCUT2D eigenvalue weighted by Crippen LogP contribution is 2.30. The highest BCUT2D eigenvalue weighted by molar-refractivity contribution is 7.08. The molecule has 0 N–H and O–H groups in total. The van der Waals surface area contributed by atoms with Crippen molar-refractivity contribution < 1.29 is 14.3 Å². The van der Waals surface area contributed by atoms with Crippen LogP contribution in [0.2, 0.25) is 0 Å². The monoisotopic (exact) mass is 265 g/mol. The molecule has 2 heterocycles. The first-order valence-electron chi connectivity index (χ1n) is 5.86. The summed E-state index contributed by atoms with van der Waals surface area (Å²) in [7, 11) is 0. The van der Waals surface area contributed by atoms with Crippen LogP contribution in [0.1, 0.15) is 28.8 Å². The van der Waals surface area contributed by atoms with E-state index < -0.39 is 5.41 Å². The van der Waals surface area contributed by atoms with Gasteiger partial charge in [-0.2, -0.15) is 16.6 Å². The third-order valence-electron chi connectivity index (χ3n) is 3.24. The average Bonchev–Trinajstić information content (AvgIpc) is 2.83. The number of esters is 1. The number of carbonyl (C=O) groups excluding carboxylic acids is 1. The molecule has 0 unspecified atom stereocenters. The first-order chi connectivity index (χ1) is 8.67. The minimum Gasteiger partial charge on any atom is -0.460 e. The largest absolute Gasteiger partial charge is 0.460 e. The van der Waals surface area contributed by atoms with E-state index in [2.05, 4.69) is 6.07 Å². The number of thiophene rings is 1. The zero-order chi connectivity index (χ0) is 13.0. The van der Waals surface area contributed by atoms with Crippen molar-refractivity contribution in [3.8, 4) is 6.07 Å². The molecular formula is C13H15NO3S. The predicted molar refractivity (Wildman–Crippen MR) is 67.4 cm³/mol. The maximum atomic E-state index is 11.9. The molecule has 0 radical (unpaired) electrons. The Morgan fingerprint density at radius 1 is 1.56 bits per heavy atom. The molecule has 1 saturated heterocycles. The second-order valence-electron chi connectivity index (χ2n) is 4.55. The Labute approximate surface area is 110 Å². The molecule has 2 rings (SSSR count). The standard InChI is InChI=1S/C13H15NO3S/c1-10-6-18-7-11(10)12(15)17-9-13(8-14)2-4-16-5-3-13/h6-7H,2-5,9H2,1H3. The number of hydrogen-bond donors (Lipinski definition) is 0. The fourth-order valence-electron chi connectivity index (χ4n) is 1.90. The number of aryl methyl sites for hydroxylation is 1. The van der Waals surface area contributed by atoms with Crippen LogP contribution in [-0.4, -0.2) is 25.8 Å². The molecule has 1 fully saturated rings. The van der Waals surface area contributed by atoms with Gasteiger partial charge in [-0.15, -0.1) is 0 Å². The van der Waals surface area contributed by atoms with Gasteiger partial charge in [-0.25, -0.2) is 4.79 Å². The minimum absolute atomic E-state index is 0.154. The smallest absolute Gasteiger partial charge is 0.339 e. The molecule has 4 nitrogen and oxygen atoms in total. The molecule has 0 spiro atoms. The highest BCUT2D eigenvalue weighted by atomic mass is 32.1. The van der Waals surface area contributed by atoms with Crippen molar-refractivity contribution in [2.75, 3.05) is 19.8 Å². The fraction of sp³-hybridized carbons (Fsp3) is 0.538. The Morgan fingerprint density at radius 3 is 2.83 bits per heavy atom. The average molecular weight is 265 g/mol. The Hall–Kier alpha value is -1.38. The normalized spacial score (nSPS) is 18.0. The predicted octanol–water partition coefficient (Wildman–Crippen LogP) is 2.53. The Kier molecular flexibility index (Phi) is 4.00. The number of nitrogens with zero attached hydrogens (tertiary/aromatic N) is 1. The van der Waals surface area contributed by atoms with Crippen LogP contribution in [0.15, 0.2) is 10.8 Å². The van der Waals surface area contributed by atoms with Crippen LogP contribution in [0.3, 0.4) is 0 Å². The van der Waals surface area contributed by atoms with E-state index in [1.54, 1.807) is 5.38 Å². The van der Waals surface area contributed by atoms with Gasteiger partial charge in [-0.3, -0.25) is 0 Å². The fourth-order valence-corrected chi connectivity index (χ4v) is 2.72. The van der Waals surface area contributed by atoms with Crippen LogP contribution in [-0.2, 0) is 9.47 Å². The van der Waals surface area contributed by atoms with Gasteiger partial charge < -0.3 is 9.47 Å². The van der Waals surface area contributed by atoms with Crippen LogP contribution in [0.4, 0.5) is 0 Å². The summed E-state index contributed by atoms with van der Waals surface area (Å²) in [5.41, 5.74) is 0.945. The molecule has 0 saturated carbocycles. The van der Waals surface area contributed by atoms with Crippen molar-refractivity contribution in [3.05, 3.63) is 21.9 Å². The number of nitriles is 1. The van der Waals surface area contributed by atoms with Crippen LogP contribution in [0, 0.1) is 23.7 Å². The van der Waals surface area contributed by atoms with E-state index in [1.807, 2.05) is 12.3 Å². The van der Waals surface area contributed by atoms with E-state index in [4.69, 9.17) is 9.47 Å². The van der Waals surface area contributed by atoms with Gasteiger partial charge in [0, 0.05) is 18.6 Å². The number of hydrogen-bond acceptors (Lipinski definition) is 5. The molecule has 1 aliphatic heterocycles. The highest BCUT2D eigenvalue weighted by Gasteiger charge is 2.34. The summed E-state index contributed by atoms with van der Waals surface area (Å²) in [6, 6.07) is 2.28. The van der Waals surface area contributed by atoms with E-state index in [-0.39, 0.29) is 12.6 Å². The van der Waals surface area contributed by atoms with Crippen molar-refractivity contribution in [1.29, 1.82) is 5.26 Å². The first-order valence-corrected chi connectivity index (χ1v) is 6.80. The van der Waals surface area contributed by atoms with Gasteiger partial charge in [0.15, 0.2) is 0 Å². The Morgan fingerprint density at radius 2 is 2.28 bits per heavy atom. The van der Waals surface area contributed by atoms with Crippen molar-refractivity contribution in [1.82, 2.24) is 0 Å². The lowest BCUT2D eigenvalue weighted by atomic mass is 9.83. The molecule has 0 atom stereocenters. The summed E-state index contributed by atoms with van der Waals surface area (Å²) in [5.74, 6) is -0.338. The first kappa shape index (κ1) is 13.1. The topological polar surface area (TPSA) is 59.3 Å². The molecule has 1 aromatic heterocycles. The number of ether oxygens (including phenoxy) is 2. The lowest BCUT2D eigenvalue weighted by Gasteiger charge is -2.29. The lowest BCUT2D eigenvalue weighted by Crippen LogP contribution is -2.33. The van der Waals surface area contributed by atoms with Crippen LogP contribution in [0.5, 0.6) is 0 Å². The Bertz CT molecular complexity index is 469. The summed E-state index contributed by atoms with van der Waals surface area (Å²) in [4.78, 5) is 11.9. The minimum atomic E-state index is -0.572. The third-order valence-corrected chi connectivity index (χ3v) is 4.10. The quantitative estimate of drug-likeness (QED) is 0.788. The van der Waals surface area contributed by atoms with Crippen molar-refractivity contribution in [3.63, 3.8) is 0 Å². The molecule has 1 aromatic rings. The Balaban J connectivity index is 1.97. The van der Waals surface area contributed by atoms with Crippen LogP contribution in [0.25, 0.3) is 0 Å².